The molecular formula is C26H26N4O7S2. The van der Waals surface area contributed by atoms with Gasteiger partial charge in [-0.3, -0.25) is 4.79 Å². The first-order valence-corrected chi connectivity index (χ1v) is 14.0. The molecule has 4 rings (SSSR count). The first-order valence-electron chi connectivity index (χ1n) is 11.7. The average molecular weight is 571 g/mol. The van der Waals surface area contributed by atoms with Crippen LogP contribution in [0.15, 0.2) is 64.9 Å². The van der Waals surface area contributed by atoms with Crippen molar-refractivity contribution in [2.45, 2.75) is 31.7 Å². The molecule has 11 nitrogen and oxygen atoms in total. The molecule has 0 aliphatic heterocycles. The van der Waals surface area contributed by atoms with Crippen LogP contribution < -0.4 is 19.5 Å². The number of ether oxygens (including phenoxy) is 2. The predicted molar refractivity (Wildman–Crippen MR) is 146 cm³/mol. The topological polar surface area (TPSA) is 149 Å². The molecule has 0 spiro atoms. The molecule has 39 heavy (non-hydrogen) atoms. The quantitative estimate of drug-likeness (QED) is 0.249. The van der Waals surface area contributed by atoms with Gasteiger partial charge in [0.2, 0.25) is 15.9 Å². The number of hydrogen-bond acceptors (Lipinski definition) is 8. The highest BCUT2D eigenvalue weighted by atomic mass is 32.2. The summed E-state index contributed by atoms with van der Waals surface area (Å²) in [6, 6.07) is 13.8. The summed E-state index contributed by atoms with van der Waals surface area (Å²) in [5.74, 6) is -1.17. The number of aromatic carboxylic acids is 1. The molecule has 2 aromatic heterocycles. The largest absolute Gasteiger partial charge is 0.497 e. The van der Waals surface area contributed by atoms with E-state index in [2.05, 4.69) is 15.1 Å². The summed E-state index contributed by atoms with van der Waals surface area (Å²) < 4.78 is 41.7. The van der Waals surface area contributed by atoms with E-state index >= 15 is 0 Å². The Morgan fingerprint density at radius 3 is 2.41 bits per heavy atom. The third kappa shape index (κ3) is 6.11. The first-order chi connectivity index (χ1) is 18.5. The van der Waals surface area contributed by atoms with Gasteiger partial charge in [-0.25, -0.2) is 17.9 Å². The van der Waals surface area contributed by atoms with E-state index in [-0.39, 0.29) is 33.5 Å². The van der Waals surface area contributed by atoms with Gasteiger partial charge < -0.3 is 19.9 Å². The molecule has 0 radical (unpaired) electrons. The number of thiophene rings is 1. The van der Waals surface area contributed by atoms with Crippen molar-refractivity contribution >= 4 is 38.9 Å². The molecule has 204 valence electrons. The molecule has 1 amide bonds. The van der Waals surface area contributed by atoms with Gasteiger partial charge in [-0.2, -0.15) is 9.78 Å². The molecule has 0 saturated carbocycles. The number of carbonyl (C=O) groups excluding carboxylic acids is 1. The van der Waals surface area contributed by atoms with Gasteiger partial charge in [-0.1, -0.05) is 6.07 Å². The number of methoxy groups -OCH3 is 1. The van der Waals surface area contributed by atoms with Gasteiger partial charge in [0, 0.05) is 17.3 Å². The molecule has 13 heteroatoms. The molecule has 0 unspecified atom stereocenters. The highest BCUT2D eigenvalue weighted by molar-refractivity contribution is 7.89. The summed E-state index contributed by atoms with van der Waals surface area (Å²) in [4.78, 5) is 24.6. The molecule has 4 aromatic rings. The zero-order valence-corrected chi connectivity index (χ0v) is 23.1. The number of benzene rings is 2. The maximum atomic E-state index is 13.3. The summed E-state index contributed by atoms with van der Waals surface area (Å²) in [6.07, 6.45) is 0. The van der Waals surface area contributed by atoms with Crippen LogP contribution in [-0.4, -0.2) is 48.3 Å². The van der Waals surface area contributed by atoms with E-state index in [1.165, 1.54) is 48.3 Å². The minimum atomic E-state index is -4.12. The predicted octanol–water partition coefficient (Wildman–Crippen LogP) is 4.68. The van der Waals surface area contributed by atoms with Gasteiger partial charge in [0.25, 0.3) is 5.91 Å². The molecule has 0 fully saturated rings. The van der Waals surface area contributed by atoms with E-state index in [1.807, 2.05) is 0 Å². The summed E-state index contributed by atoms with van der Waals surface area (Å²) in [7, 11) is -2.60. The van der Waals surface area contributed by atoms with Crippen LogP contribution >= 0.6 is 11.3 Å². The van der Waals surface area contributed by atoms with Crippen molar-refractivity contribution in [1.82, 2.24) is 14.5 Å². The second-order valence-corrected chi connectivity index (χ2v) is 11.3. The lowest BCUT2D eigenvalue weighted by Crippen LogP contribution is -2.30. The van der Waals surface area contributed by atoms with Crippen molar-refractivity contribution in [2.24, 2.45) is 0 Å². The molecule has 3 N–H and O–H groups in total. The highest BCUT2D eigenvalue weighted by Crippen LogP contribution is 2.35. The fourth-order valence-corrected chi connectivity index (χ4v) is 5.68. The summed E-state index contributed by atoms with van der Waals surface area (Å²) in [6.45, 7) is 4.85. The molecular weight excluding hydrogens is 544 g/mol. The molecule has 2 aromatic carbocycles. The van der Waals surface area contributed by atoms with Gasteiger partial charge in [0.05, 0.1) is 17.7 Å². The highest BCUT2D eigenvalue weighted by Gasteiger charge is 2.27. The minimum absolute atomic E-state index is 0.00827. The lowest BCUT2D eigenvalue weighted by atomic mass is 10.2. The monoisotopic (exact) mass is 570 g/mol. The van der Waals surface area contributed by atoms with Crippen LogP contribution in [0.1, 0.15) is 39.6 Å². The van der Waals surface area contributed by atoms with E-state index in [0.717, 1.165) is 0 Å². The molecule has 0 aliphatic rings. The Bertz CT molecular complexity index is 1610. The van der Waals surface area contributed by atoms with Crippen molar-refractivity contribution in [3.8, 4) is 23.1 Å². The second kappa shape index (κ2) is 11.3. The van der Waals surface area contributed by atoms with Crippen molar-refractivity contribution in [3.63, 3.8) is 0 Å². The third-order valence-electron chi connectivity index (χ3n) is 5.42. The van der Waals surface area contributed by atoms with Crippen LogP contribution in [0.5, 0.6) is 17.4 Å². The number of hydrogen-bond donors (Lipinski definition) is 3. The number of carbonyl (C=O) groups is 2. The number of carboxylic acids is 1. The van der Waals surface area contributed by atoms with Crippen LogP contribution in [0.2, 0.25) is 0 Å². The fourth-order valence-electron chi connectivity index (χ4n) is 3.66. The Morgan fingerprint density at radius 1 is 1.10 bits per heavy atom. The van der Waals surface area contributed by atoms with Crippen LogP contribution in [0.25, 0.3) is 5.69 Å². The molecule has 0 atom stereocenters. The van der Waals surface area contributed by atoms with Gasteiger partial charge in [0.15, 0.2) is 5.69 Å². The number of anilines is 1. The molecule has 0 bridgehead atoms. The Morgan fingerprint density at radius 2 is 1.82 bits per heavy atom. The van der Waals surface area contributed by atoms with Crippen LogP contribution in [-0.2, 0) is 10.0 Å². The second-order valence-electron chi connectivity index (χ2n) is 8.66. The smallest absolute Gasteiger partial charge is 0.356 e. The lowest BCUT2D eigenvalue weighted by molar-refractivity contribution is 0.0689. The zero-order valence-electron chi connectivity index (χ0n) is 21.5. The number of rotatable bonds is 10. The van der Waals surface area contributed by atoms with Crippen molar-refractivity contribution in [3.05, 3.63) is 76.1 Å². The number of nitrogens with one attached hydrogen (secondary N) is 2. The SMILES string of the molecule is COc1ccc(-n2nc(C(=O)O)c(C)c2Oc2ccc(NC(=O)c3cccs3)cc2S(=O)(=O)NC(C)C)cc1. The minimum Gasteiger partial charge on any atom is -0.497 e. The number of sulfonamides is 1. The van der Waals surface area contributed by atoms with Crippen molar-refractivity contribution < 1.29 is 32.6 Å². The molecule has 0 aliphatic carbocycles. The summed E-state index contributed by atoms with van der Waals surface area (Å²) in [5.41, 5.74) is 0.626. The average Bonchev–Trinajstić information content (AvgIpc) is 3.53. The Kier molecular flexibility index (Phi) is 8.04. The van der Waals surface area contributed by atoms with Crippen LogP contribution in [0, 0.1) is 6.92 Å². The van der Waals surface area contributed by atoms with Gasteiger partial charge >= 0.3 is 5.97 Å². The van der Waals surface area contributed by atoms with Gasteiger partial charge in [0.1, 0.15) is 16.4 Å². The summed E-state index contributed by atoms with van der Waals surface area (Å²) >= 11 is 1.25. The maximum Gasteiger partial charge on any atom is 0.356 e. The molecule has 0 saturated heterocycles. The van der Waals surface area contributed by atoms with Crippen LogP contribution in [0.4, 0.5) is 5.69 Å². The number of nitrogens with zero attached hydrogens (tertiary/aromatic N) is 2. The number of aromatic nitrogens is 2. The normalized spacial score (nSPS) is 11.4. The Hall–Kier alpha value is -4.20. The van der Waals surface area contributed by atoms with Gasteiger partial charge in [-0.05, 0) is 74.7 Å². The zero-order chi connectivity index (χ0) is 28.3. The molecule has 2 heterocycles. The Labute approximate surface area is 229 Å². The van der Waals surface area contributed by atoms with E-state index in [4.69, 9.17) is 9.47 Å². The number of amides is 1. The van der Waals surface area contributed by atoms with Crippen molar-refractivity contribution in [2.75, 3.05) is 12.4 Å². The number of carboxylic acid groups (broad SMARTS) is 1. The van der Waals surface area contributed by atoms with Crippen molar-refractivity contribution in [1.29, 1.82) is 0 Å². The van der Waals surface area contributed by atoms with E-state index < -0.39 is 27.9 Å². The maximum absolute atomic E-state index is 13.3. The first kappa shape index (κ1) is 27.8. The van der Waals surface area contributed by atoms with E-state index in [0.29, 0.717) is 16.3 Å². The van der Waals surface area contributed by atoms with E-state index in [9.17, 15) is 23.1 Å². The third-order valence-corrected chi connectivity index (χ3v) is 7.97. The Balaban J connectivity index is 1.81. The fraction of sp³-hybridized carbons (Fsp3) is 0.192. The van der Waals surface area contributed by atoms with Crippen LogP contribution in [0.3, 0.4) is 0 Å². The standard InChI is InChI=1S/C26H26N4O7S2/c1-15(2)29-39(34,35)22-14-17(27-24(31)21-6-5-13-38-21)7-12-20(22)37-25-16(3)23(26(32)33)28-30(25)18-8-10-19(36-4)11-9-18/h5-15,29H,1-4H3,(H,27,31)(H,32,33). The van der Waals surface area contributed by atoms with Gasteiger partial charge in [-0.15, -0.1) is 11.3 Å². The summed E-state index contributed by atoms with van der Waals surface area (Å²) in [5, 5.41) is 18.3. The van der Waals surface area contributed by atoms with E-state index in [1.54, 1.807) is 55.6 Å². The lowest BCUT2D eigenvalue weighted by Gasteiger charge is -2.17.